The molecule has 1 aromatic carbocycles. The maximum Gasteiger partial charge on any atom is 0.138 e. The van der Waals surface area contributed by atoms with Crippen LogP contribution in [0.15, 0.2) is 54.7 Å². The molecular formula is C31H47NO2. The molecule has 0 saturated heterocycles. The van der Waals surface area contributed by atoms with Crippen molar-refractivity contribution in [3.8, 4) is 17.0 Å². The minimum atomic E-state index is 0.608. The van der Waals surface area contributed by atoms with E-state index in [9.17, 15) is 0 Å². The second kappa shape index (κ2) is 19.2. The Balaban J connectivity index is 1.60. The first-order valence-corrected chi connectivity index (χ1v) is 13.7. The van der Waals surface area contributed by atoms with Crippen LogP contribution in [-0.2, 0) is 11.2 Å². The quantitative estimate of drug-likeness (QED) is 0.144. The number of allylic oxidation sites excluding steroid dienone is 1. The van der Waals surface area contributed by atoms with Crippen LogP contribution in [0.1, 0.15) is 96.5 Å². The van der Waals surface area contributed by atoms with Crippen molar-refractivity contribution >= 4 is 0 Å². The van der Waals surface area contributed by atoms with Gasteiger partial charge in [0.25, 0.3) is 0 Å². The maximum atomic E-state index is 5.82. The van der Waals surface area contributed by atoms with Gasteiger partial charge in [0.15, 0.2) is 0 Å². The summed E-state index contributed by atoms with van der Waals surface area (Å²) in [6, 6.07) is 12.9. The van der Waals surface area contributed by atoms with Crippen LogP contribution in [0, 0.1) is 0 Å². The molecule has 2 aromatic rings. The number of ether oxygens (including phenoxy) is 2. The van der Waals surface area contributed by atoms with Crippen molar-refractivity contribution in [3.05, 3.63) is 60.3 Å². The van der Waals surface area contributed by atoms with Gasteiger partial charge in [0.2, 0.25) is 0 Å². The Morgan fingerprint density at radius 3 is 2.21 bits per heavy atom. The topological polar surface area (TPSA) is 31.4 Å². The van der Waals surface area contributed by atoms with Gasteiger partial charge in [-0.15, -0.1) is 0 Å². The number of unbranched alkanes of at least 4 members (excludes halogenated alkanes) is 9. The van der Waals surface area contributed by atoms with Gasteiger partial charge in [0.1, 0.15) is 12.4 Å². The van der Waals surface area contributed by atoms with E-state index < -0.39 is 0 Å². The van der Waals surface area contributed by atoms with Crippen molar-refractivity contribution in [3.63, 3.8) is 0 Å². The van der Waals surface area contributed by atoms with Gasteiger partial charge in [-0.2, -0.15) is 0 Å². The first-order valence-electron chi connectivity index (χ1n) is 13.7. The maximum absolute atomic E-state index is 5.82. The molecule has 3 heteroatoms. The van der Waals surface area contributed by atoms with Crippen LogP contribution in [0.3, 0.4) is 0 Å². The minimum absolute atomic E-state index is 0.608. The van der Waals surface area contributed by atoms with Crippen LogP contribution < -0.4 is 4.74 Å². The molecule has 188 valence electrons. The van der Waals surface area contributed by atoms with E-state index in [4.69, 9.17) is 9.47 Å². The second-order valence-electron chi connectivity index (χ2n) is 9.19. The van der Waals surface area contributed by atoms with Crippen LogP contribution in [0.4, 0.5) is 0 Å². The van der Waals surface area contributed by atoms with Crippen molar-refractivity contribution < 1.29 is 9.47 Å². The Hall–Kier alpha value is -2.13. The fourth-order valence-corrected chi connectivity index (χ4v) is 3.98. The van der Waals surface area contributed by atoms with Crippen molar-refractivity contribution in [1.29, 1.82) is 0 Å². The molecule has 0 aliphatic carbocycles. The molecule has 0 spiro atoms. The molecule has 0 aliphatic heterocycles. The predicted octanol–water partition coefficient (Wildman–Crippen LogP) is 8.96. The fourth-order valence-electron chi connectivity index (χ4n) is 3.98. The molecule has 0 fully saturated rings. The van der Waals surface area contributed by atoms with E-state index in [1.54, 1.807) is 0 Å². The van der Waals surface area contributed by atoms with E-state index in [1.807, 2.05) is 18.3 Å². The number of rotatable bonds is 20. The third kappa shape index (κ3) is 12.9. The molecule has 0 atom stereocenters. The third-order valence-corrected chi connectivity index (χ3v) is 6.08. The monoisotopic (exact) mass is 465 g/mol. The number of hydrogen-bond donors (Lipinski definition) is 0. The average molecular weight is 466 g/mol. The van der Waals surface area contributed by atoms with Crippen molar-refractivity contribution in [2.45, 2.75) is 97.3 Å². The summed E-state index contributed by atoms with van der Waals surface area (Å²) < 4.78 is 11.4. The molecule has 1 heterocycles. The highest BCUT2D eigenvalue weighted by molar-refractivity contribution is 5.59. The molecule has 0 aliphatic rings. The summed E-state index contributed by atoms with van der Waals surface area (Å²) >= 11 is 0. The number of hydrogen-bond acceptors (Lipinski definition) is 3. The molecule has 0 radical (unpaired) electrons. The van der Waals surface area contributed by atoms with Gasteiger partial charge in [-0.25, -0.2) is 0 Å². The number of aromatic nitrogens is 1. The fraction of sp³-hybridized carbons (Fsp3) is 0.581. The Morgan fingerprint density at radius 2 is 1.47 bits per heavy atom. The smallest absolute Gasteiger partial charge is 0.138 e. The summed E-state index contributed by atoms with van der Waals surface area (Å²) in [5, 5.41) is 0. The largest absolute Gasteiger partial charge is 0.488 e. The third-order valence-electron chi connectivity index (χ3n) is 6.08. The number of pyridine rings is 1. The molecule has 0 unspecified atom stereocenters. The molecule has 0 amide bonds. The lowest BCUT2D eigenvalue weighted by atomic mass is 10.0. The van der Waals surface area contributed by atoms with Gasteiger partial charge >= 0.3 is 0 Å². The van der Waals surface area contributed by atoms with Crippen LogP contribution >= 0.6 is 0 Å². The van der Waals surface area contributed by atoms with Gasteiger partial charge < -0.3 is 9.47 Å². The SMILES string of the molecule is CCCCCCCCC/C=C\COc1ccc(-c2ccc(CCCCCOCCC)cc2)nc1. The van der Waals surface area contributed by atoms with E-state index >= 15 is 0 Å². The molecule has 34 heavy (non-hydrogen) atoms. The first kappa shape index (κ1) is 28.1. The molecule has 0 saturated carbocycles. The zero-order chi connectivity index (χ0) is 24.1. The van der Waals surface area contributed by atoms with Crippen LogP contribution in [0.25, 0.3) is 11.3 Å². The van der Waals surface area contributed by atoms with Gasteiger partial charge in [0, 0.05) is 18.8 Å². The Kier molecular flexibility index (Phi) is 15.9. The van der Waals surface area contributed by atoms with Crippen LogP contribution in [-0.4, -0.2) is 24.8 Å². The minimum Gasteiger partial charge on any atom is -0.488 e. The summed E-state index contributed by atoms with van der Waals surface area (Å²) in [4.78, 5) is 4.60. The normalized spacial score (nSPS) is 11.4. The standard InChI is InChI=1S/C31H47NO2/c1-3-5-6-7-8-9-10-11-12-16-26-34-30-22-23-31(32-27-30)29-20-18-28(19-21-29)17-14-13-15-25-33-24-4-2/h12,16,18-23,27H,3-11,13-15,17,24-26H2,1-2H3/b16-12-. The summed E-state index contributed by atoms with van der Waals surface area (Å²) in [7, 11) is 0. The first-order chi connectivity index (χ1) is 16.8. The van der Waals surface area contributed by atoms with Crippen molar-refractivity contribution in [2.75, 3.05) is 19.8 Å². The molecular weight excluding hydrogens is 418 g/mol. The van der Waals surface area contributed by atoms with E-state index in [2.05, 4.69) is 55.2 Å². The summed E-state index contributed by atoms with van der Waals surface area (Å²) in [5.74, 6) is 0.823. The molecule has 0 bridgehead atoms. The lowest BCUT2D eigenvalue weighted by molar-refractivity contribution is 0.130. The zero-order valence-corrected chi connectivity index (χ0v) is 21.8. The van der Waals surface area contributed by atoms with Gasteiger partial charge in [-0.3, -0.25) is 4.98 Å². The molecule has 1 aromatic heterocycles. The molecule has 2 rings (SSSR count). The van der Waals surface area contributed by atoms with Crippen molar-refractivity contribution in [1.82, 2.24) is 4.98 Å². The lowest BCUT2D eigenvalue weighted by Gasteiger charge is -2.07. The van der Waals surface area contributed by atoms with E-state index in [-0.39, 0.29) is 0 Å². The Morgan fingerprint density at radius 1 is 0.706 bits per heavy atom. The summed E-state index contributed by atoms with van der Waals surface area (Å²) in [6.45, 7) is 6.81. The Labute approximate surface area is 209 Å². The van der Waals surface area contributed by atoms with Gasteiger partial charge in [-0.05, 0) is 56.2 Å². The highest BCUT2D eigenvalue weighted by Gasteiger charge is 2.01. The highest BCUT2D eigenvalue weighted by atomic mass is 16.5. The molecule has 3 nitrogen and oxygen atoms in total. The van der Waals surface area contributed by atoms with E-state index in [0.717, 1.165) is 55.9 Å². The zero-order valence-electron chi connectivity index (χ0n) is 21.8. The number of nitrogens with zero attached hydrogens (tertiary/aromatic N) is 1. The predicted molar refractivity (Wildman–Crippen MR) is 146 cm³/mol. The average Bonchev–Trinajstić information content (AvgIpc) is 2.87. The van der Waals surface area contributed by atoms with E-state index in [0.29, 0.717) is 6.61 Å². The van der Waals surface area contributed by atoms with Gasteiger partial charge in [0.05, 0.1) is 11.9 Å². The number of benzene rings is 1. The Bertz CT molecular complexity index is 752. The number of aryl methyl sites for hydroxylation is 1. The highest BCUT2D eigenvalue weighted by Crippen LogP contribution is 2.21. The summed E-state index contributed by atoms with van der Waals surface area (Å²) in [6.07, 6.45) is 22.7. The second-order valence-corrected chi connectivity index (χ2v) is 9.19. The van der Waals surface area contributed by atoms with E-state index in [1.165, 1.54) is 63.4 Å². The van der Waals surface area contributed by atoms with Crippen LogP contribution in [0.5, 0.6) is 5.75 Å². The lowest BCUT2D eigenvalue weighted by Crippen LogP contribution is -1.96. The van der Waals surface area contributed by atoms with Crippen molar-refractivity contribution in [2.24, 2.45) is 0 Å². The molecule has 0 N–H and O–H groups in total. The van der Waals surface area contributed by atoms with Crippen LogP contribution in [0.2, 0.25) is 0 Å². The summed E-state index contributed by atoms with van der Waals surface area (Å²) in [5.41, 5.74) is 3.53. The van der Waals surface area contributed by atoms with Gasteiger partial charge in [-0.1, -0.05) is 95.2 Å².